The third-order valence-electron chi connectivity index (χ3n) is 2.56. The fourth-order valence-electron chi connectivity index (χ4n) is 1.68. The lowest BCUT2D eigenvalue weighted by molar-refractivity contribution is 0.548. The van der Waals surface area contributed by atoms with Gasteiger partial charge in [0.25, 0.3) is 0 Å². The van der Waals surface area contributed by atoms with E-state index in [9.17, 15) is 0 Å². The number of thiophene rings is 1. The number of imidazole rings is 1. The maximum atomic E-state index is 4.41. The van der Waals surface area contributed by atoms with E-state index >= 15 is 0 Å². The van der Waals surface area contributed by atoms with Gasteiger partial charge in [-0.2, -0.15) is 0 Å². The summed E-state index contributed by atoms with van der Waals surface area (Å²) in [6.07, 6.45) is 4.01. The van der Waals surface area contributed by atoms with Crippen LogP contribution in [0.15, 0.2) is 28.4 Å². The highest BCUT2D eigenvalue weighted by Crippen LogP contribution is 2.23. The van der Waals surface area contributed by atoms with Crippen LogP contribution in [-0.2, 0) is 13.1 Å². The molecular weight excluding hydrogens is 310 g/mol. The van der Waals surface area contributed by atoms with Crippen LogP contribution >= 0.6 is 27.3 Å². The quantitative estimate of drug-likeness (QED) is 0.879. The molecule has 0 amide bonds. The Morgan fingerprint density at radius 2 is 2.33 bits per heavy atom. The van der Waals surface area contributed by atoms with Crippen molar-refractivity contribution >= 4 is 27.3 Å². The fraction of sp³-hybridized carbons (Fsp3) is 0.462. The van der Waals surface area contributed by atoms with Gasteiger partial charge in [-0.25, -0.2) is 4.98 Å². The Morgan fingerprint density at radius 3 is 3.00 bits per heavy atom. The summed E-state index contributed by atoms with van der Waals surface area (Å²) in [6, 6.07) is 2.09. The zero-order chi connectivity index (χ0) is 13.0. The molecule has 0 radical (unpaired) electrons. The summed E-state index contributed by atoms with van der Waals surface area (Å²) in [5.41, 5.74) is 1.10. The van der Waals surface area contributed by atoms with Gasteiger partial charge in [0.1, 0.15) is 0 Å². The Bertz CT molecular complexity index is 490. The van der Waals surface area contributed by atoms with Crippen molar-refractivity contribution in [1.29, 1.82) is 0 Å². The van der Waals surface area contributed by atoms with E-state index in [0.29, 0.717) is 5.92 Å². The van der Waals surface area contributed by atoms with E-state index in [2.05, 4.69) is 62.3 Å². The van der Waals surface area contributed by atoms with Crippen LogP contribution in [0.3, 0.4) is 0 Å². The van der Waals surface area contributed by atoms with E-state index in [0.717, 1.165) is 25.3 Å². The number of hydrogen-bond acceptors (Lipinski definition) is 3. The second-order valence-electron chi connectivity index (χ2n) is 4.75. The highest BCUT2D eigenvalue weighted by Gasteiger charge is 2.04. The molecule has 0 fully saturated rings. The van der Waals surface area contributed by atoms with Crippen molar-refractivity contribution < 1.29 is 0 Å². The monoisotopic (exact) mass is 327 g/mol. The van der Waals surface area contributed by atoms with Gasteiger partial charge in [-0.3, -0.25) is 0 Å². The lowest BCUT2D eigenvalue weighted by Gasteiger charge is -2.04. The average molecular weight is 328 g/mol. The molecule has 2 aromatic rings. The predicted molar refractivity (Wildman–Crippen MR) is 79.9 cm³/mol. The van der Waals surface area contributed by atoms with Crippen LogP contribution in [0.25, 0.3) is 0 Å². The van der Waals surface area contributed by atoms with E-state index in [-0.39, 0.29) is 0 Å². The SMILES string of the molecule is CC(C)CNCc1cn(Cc2sccc2Br)cn1. The molecule has 1 N–H and O–H groups in total. The molecule has 2 heterocycles. The van der Waals surface area contributed by atoms with Crippen LogP contribution in [0.1, 0.15) is 24.4 Å². The summed E-state index contributed by atoms with van der Waals surface area (Å²) >= 11 is 5.32. The Morgan fingerprint density at radius 1 is 1.50 bits per heavy atom. The van der Waals surface area contributed by atoms with E-state index in [1.807, 2.05) is 6.33 Å². The molecule has 98 valence electrons. The molecule has 2 rings (SSSR count). The van der Waals surface area contributed by atoms with Gasteiger partial charge in [-0.05, 0) is 39.8 Å². The molecule has 5 heteroatoms. The maximum absolute atomic E-state index is 4.41. The van der Waals surface area contributed by atoms with Gasteiger partial charge in [-0.1, -0.05) is 13.8 Å². The van der Waals surface area contributed by atoms with Crippen molar-refractivity contribution in [3.8, 4) is 0 Å². The van der Waals surface area contributed by atoms with Crippen LogP contribution < -0.4 is 5.32 Å². The molecule has 0 unspecified atom stereocenters. The van der Waals surface area contributed by atoms with Crippen LogP contribution in [0.4, 0.5) is 0 Å². The van der Waals surface area contributed by atoms with E-state index in [4.69, 9.17) is 0 Å². The molecule has 2 aromatic heterocycles. The number of nitrogens with one attached hydrogen (secondary N) is 1. The first-order valence-electron chi connectivity index (χ1n) is 6.08. The average Bonchev–Trinajstić information content (AvgIpc) is 2.90. The maximum Gasteiger partial charge on any atom is 0.0953 e. The van der Waals surface area contributed by atoms with E-state index in [1.165, 1.54) is 9.35 Å². The number of nitrogens with zero attached hydrogens (tertiary/aromatic N) is 2. The minimum Gasteiger partial charge on any atom is -0.332 e. The van der Waals surface area contributed by atoms with Crippen LogP contribution in [0.2, 0.25) is 0 Å². The highest BCUT2D eigenvalue weighted by atomic mass is 79.9. The summed E-state index contributed by atoms with van der Waals surface area (Å²) in [5.74, 6) is 0.675. The summed E-state index contributed by atoms with van der Waals surface area (Å²) in [5, 5.41) is 5.50. The van der Waals surface area contributed by atoms with Gasteiger partial charge >= 0.3 is 0 Å². The second-order valence-corrected chi connectivity index (χ2v) is 6.61. The smallest absolute Gasteiger partial charge is 0.0953 e. The Hall–Kier alpha value is -0.650. The van der Waals surface area contributed by atoms with Crippen molar-refractivity contribution in [3.63, 3.8) is 0 Å². The molecule has 0 aliphatic heterocycles. The predicted octanol–water partition coefficient (Wildman–Crippen LogP) is 3.50. The Balaban J connectivity index is 1.88. The van der Waals surface area contributed by atoms with Crippen LogP contribution in [0, 0.1) is 5.92 Å². The lowest BCUT2D eigenvalue weighted by atomic mass is 10.2. The van der Waals surface area contributed by atoms with Gasteiger partial charge in [0, 0.05) is 22.1 Å². The molecule has 0 bridgehead atoms. The minimum atomic E-state index is 0.675. The van der Waals surface area contributed by atoms with Crippen molar-refractivity contribution in [1.82, 2.24) is 14.9 Å². The highest BCUT2D eigenvalue weighted by molar-refractivity contribution is 9.10. The first kappa shape index (κ1) is 13.8. The molecule has 3 nitrogen and oxygen atoms in total. The van der Waals surface area contributed by atoms with E-state index < -0.39 is 0 Å². The molecule has 0 saturated carbocycles. The van der Waals surface area contributed by atoms with Gasteiger partial charge in [0.2, 0.25) is 0 Å². The first-order chi connectivity index (χ1) is 8.65. The molecule has 18 heavy (non-hydrogen) atoms. The molecular formula is C13H18BrN3S. The summed E-state index contributed by atoms with van der Waals surface area (Å²) in [6.45, 7) is 7.18. The first-order valence-corrected chi connectivity index (χ1v) is 7.75. The third kappa shape index (κ3) is 3.93. The summed E-state index contributed by atoms with van der Waals surface area (Å²) in [7, 11) is 0. The number of aromatic nitrogens is 2. The molecule has 0 spiro atoms. The zero-order valence-electron chi connectivity index (χ0n) is 10.7. The number of halogens is 1. The Kier molecular flexibility index (Phi) is 4.97. The summed E-state index contributed by atoms with van der Waals surface area (Å²) in [4.78, 5) is 5.74. The van der Waals surface area contributed by atoms with Crippen molar-refractivity contribution in [3.05, 3.63) is 39.0 Å². The standard InChI is InChI=1S/C13H18BrN3S/c1-10(2)5-15-6-11-7-17(9-16-11)8-13-12(14)3-4-18-13/h3-4,7,9-10,15H,5-6,8H2,1-2H3. The van der Waals surface area contributed by atoms with Crippen molar-refractivity contribution in [2.75, 3.05) is 6.54 Å². The molecule has 0 atom stereocenters. The van der Waals surface area contributed by atoms with E-state index in [1.54, 1.807) is 11.3 Å². The Labute approximate surface area is 120 Å². The van der Waals surface area contributed by atoms with Gasteiger partial charge in [-0.15, -0.1) is 11.3 Å². The van der Waals surface area contributed by atoms with Gasteiger partial charge < -0.3 is 9.88 Å². The lowest BCUT2D eigenvalue weighted by Crippen LogP contribution is -2.19. The van der Waals surface area contributed by atoms with Crippen LogP contribution in [-0.4, -0.2) is 16.1 Å². The number of hydrogen-bond donors (Lipinski definition) is 1. The van der Waals surface area contributed by atoms with Crippen LogP contribution in [0.5, 0.6) is 0 Å². The molecule has 0 saturated heterocycles. The van der Waals surface area contributed by atoms with Crippen molar-refractivity contribution in [2.45, 2.75) is 26.9 Å². The van der Waals surface area contributed by atoms with Gasteiger partial charge in [0.15, 0.2) is 0 Å². The molecule has 0 aliphatic carbocycles. The van der Waals surface area contributed by atoms with Gasteiger partial charge in [0.05, 0.1) is 18.6 Å². The fourth-order valence-corrected chi connectivity index (χ4v) is 3.16. The normalized spacial score (nSPS) is 11.3. The minimum absolute atomic E-state index is 0.675. The zero-order valence-corrected chi connectivity index (χ0v) is 13.1. The number of rotatable bonds is 6. The molecule has 0 aliphatic rings. The second kappa shape index (κ2) is 6.50. The van der Waals surface area contributed by atoms with Crippen molar-refractivity contribution in [2.24, 2.45) is 5.92 Å². The summed E-state index contributed by atoms with van der Waals surface area (Å²) < 4.78 is 3.31. The topological polar surface area (TPSA) is 29.9 Å². The third-order valence-corrected chi connectivity index (χ3v) is 4.47. The largest absolute Gasteiger partial charge is 0.332 e. The molecule has 0 aromatic carbocycles.